The van der Waals surface area contributed by atoms with Gasteiger partial charge in [-0.25, -0.2) is 4.98 Å². The van der Waals surface area contributed by atoms with Crippen molar-refractivity contribution in [1.29, 1.82) is 5.26 Å². The number of nitriles is 1. The molecule has 2 N–H and O–H groups in total. The smallest absolute Gasteiger partial charge is 0.368 e. The van der Waals surface area contributed by atoms with Crippen molar-refractivity contribution in [1.82, 2.24) is 9.97 Å². The van der Waals surface area contributed by atoms with Crippen molar-refractivity contribution in [2.45, 2.75) is 26.4 Å². The summed E-state index contributed by atoms with van der Waals surface area (Å²) in [5.41, 5.74) is 4.26. The topological polar surface area (TPSA) is 78.8 Å². The number of nitrogens with zero attached hydrogens (tertiary/aromatic N) is 4. The fraction of sp³-hybridized carbons (Fsp3) is 0.583. The standard InChI is InChI=1S/C12H16F3N5/c1-8(2)7-20(5-3-4-16)10-6-9(12(13,14)15)18-11(17)19-10/h6,8H,3,5,7H2,1-2H3,(H2,17,18,19). The van der Waals surface area contributed by atoms with Crippen molar-refractivity contribution in [3.8, 4) is 6.07 Å². The van der Waals surface area contributed by atoms with E-state index in [2.05, 4.69) is 9.97 Å². The zero-order valence-corrected chi connectivity index (χ0v) is 11.3. The van der Waals surface area contributed by atoms with E-state index in [1.54, 1.807) is 4.90 Å². The van der Waals surface area contributed by atoms with E-state index in [4.69, 9.17) is 11.0 Å². The molecule has 0 saturated heterocycles. The number of halogens is 3. The Morgan fingerprint density at radius 2 is 2.05 bits per heavy atom. The number of hydrogen-bond acceptors (Lipinski definition) is 5. The van der Waals surface area contributed by atoms with Gasteiger partial charge >= 0.3 is 6.18 Å². The van der Waals surface area contributed by atoms with Gasteiger partial charge in [0.15, 0.2) is 5.69 Å². The first-order valence-electron chi connectivity index (χ1n) is 6.07. The van der Waals surface area contributed by atoms with Crippen molar-refractivity contribution in [2.75, 3.05) is 23.7 Å². The molecular weight excluding hydrogens is 271 g/mol. The molecule has 0 bridgehead atoms. The number of hydrogen-bond donors (Lipinski definition) is 1. The third-order valence-electron chi connectivity index (χ3n) is 2.42. The second-order valence-corrected chi connectivity index (χ2v) is 4.72. The minimum absolute atomic E-state index is 0.0915. The molecule has 5 nitrogen and oxygen atoms in total. The first kappa shape index (κ1) is 16.0. The third-order valence-corrected chi connectivity index (χ3v) is 2.42. The van der Waals surface area contributed by atoms with Crippen LogP contribution in [0.15, 0.2) is 6.07 Å². The van der Waals surface area contributed by atoms with Crippen LogP contribution >= 0.6 is 0 Å². The highest BCUT2D eigenvalue weighted by molar-refractivity contribution is 5.44. The van der Waals surface area contributed by atoms with Gasteiger partial charge in [0.25, 0.3) is 0 Å². The molecule has 0 unspecified atom stereocenters. The zero-order chi connectivity index (χ0) is 15.3. The second kappa shape index (κ2) is 6.41. The first-order valence-corrected chi connectivity index (χ1v) is 6.07. The van der Waals surface area contributed by atoms with Crippen LogP contribution in [-0.2, 0) is 6.18 Å². The molecule has 110 valence electrons. The van der Waals surface area contributed by atoms with Gasteiger partial charge in [-0.15, -0.1) is 0 Å². The number of nitrogen functional groups attached to an aromatic ring is 1. The molecule has 8 heteroatoms. The van der Waals surface area contributed by atoms with E-state index in [-0.39, 0.29) is 18.2 Å². The van der Waals surface area contributed by atoms with Crippen LogP contribution in [0.2, 0.25) is 0 Å². The fourth-order valence-electron chi connectivity index (χ4n) is 1.68. The molecule has 1 aromatic rings. The summed E-state index contributed by atoms with van der Waals surface area (Å²) in [6, 6.07) is 2.82. The van der Waals surface area contributed by atoms with E-state index >= 15 is 0 Å². The summed E-state index contributed by atoms with van der Waals surface area (Å²) in [5, 5.41) is 8.62. The lowest BCUT2D eigenvalue weighted by molar-refractivity contribution is -0.141. The molecule has 0 spiro atoms. The van der Waals surface area contributed by atoms with Gasteiger partial charge in [-0.2, -0.15) is 23.4 Å². The second-order valence-electron chi connectivity index (χ2n) is 4.72. The molecular formula is C12H16F3N5. The Labute approximate surface area is 115 Å². The number of anilines is 2. The third kappa shape index (κ3) is 4.57. The van der Waals surface area contributed by atoms with Crippen molar-refractivity contribution in [3.05, 3.63) is 11.8 Å². The molecule has 0 atom stereocenters. The van der Waals surface area contributed by atoms with Crippen molar-refractivity contribution >= 4 is 11.8 Å². The van der Waals surface area contributed by atoms with Crippen LogP contribution in [0.1, 0.15) is 26.0 Å². The fourth-order valence-corrected chi connectivity index (χ4v) is 1.68. The molecule has 0 aliphatic rings. The maximum atomic E-state index is 12.7. The van der Waals surface area contributed by atoms with Crippen LogP contribution < -0.4 is 10.6 Å². The van der Waals surface area contributed by atoms with Gasteiger partial charge < -0.3 is 10.6 Å². The van der Waals surface area contributed by atoms with E-state index in [1.165, 1.54) is 0 Å². The average molecular weight is 287 g/mol. The van der Waals surface area contributed by atoms with Gasteiger partial charge in [-0.1, -0.05) is 13.8 Å². The maximum Gasteiger partial charge on any atom is 0.433 e. The molecule has 1 heterocycles. The lowest BCUT2D eigenvalue weighted by Crippen LogP contribution is -2.30. The van der Waals surface area contributed by atoms with Crippen LogP contribution in [0, 0.1) is 17.2 Å². The predicted molar refractivity (Wildman–Crippen MR) is 68.7 cm³/mol. The molecule has 0 aliphatic heterocycles. The van der Waals surface area contributed by atoms with E-state index in [1.807, 2.05) is 19.9 Å². The van der Waals surface area contributed by atoms with Gasteiger partial charge in [0.2, 0.25) is 5.95 Å². The predicted octanol–water partition coefficient (Wildman–Crippen LogP) is 2.45. The van der Waals surface area contributed by atoms with Crippen LogP contribution in [0.25, 0.3) is 0 Å². The number of alkyl halides is 3. The van der Waals surface area contributed by atoms with E-state index < -0.39 is 17.8 Å². The Kier molecular flexibility index (Phi) is 5.13. The van der Waals surface area contributed by atoms with E-state index in [9.17, 15) is 13.2 Å². The van der Waals surface area contributed by atoms with Crippen LogP contribution in [0.5, 0.6) is 0 Å². The molecule has 0 saturated carbocycles. The van der Waals surface area contributed by atoms with Crippen molar-refractivity contribution in [3.63, 3.8) is 0 Å². The molecule has 0 amide bonds. The van der Waals surface area contributed by atoms with Crippen LogP contribution in [-0.4, -0.2) is 23.1 Å². The summed E-state index contributed by atoms with van der Waals surface area (Å²) in [6.07, 6.45) is -4.39. The van der Waals surface area contributed by atoms with Crippen molar-refractivity contribution in [2.24, 2.45) is 5.92 Å². The lowest BCUT2D eigenvalue weighted by Gasteiger charge is -2.25. The number of rotatable bonds is 5. The Bertz CT molecular complexity index is 493. The number of nitrogens with two attached hydrogens (primary N) is 1. The summed E-state index contributed by atoms with van der Waals surface area (Å²) in [4.78, 5) is 8.65. The Morgan fingerprint density at radius 1 is 1.40 bits per heavy atom. The first-order chi connectivity index (χ1) is 9.24. The SMILES string of the molecule is CC(C)CN(CCC#N)c1cc(C(F)(F)F)nc(N)n1. The van der Waals surface area contributed by atoms with Gasteiger partial charge in [0.1, 0.15) is 5.82 Å². The Balaban J connectivity index is 3.12. The van der Waals surface area contributed by atoms with E-state index in [0.29, 0.717) is 13.1 Å². The van der Waals surface area contributed by atoms with E-state index in [0.717, 1.165) is 6.07 Å². The molecule has 0 aliphatic carbocycles. The maximum absolute atomic E-state index is 12.7. The van der Waals surface area contributed by atoms with Gasteiger partial charge in [-0.05, 0) is 5.92 Å². The zero-order valence-electron chi connectivity index (χ0n) is 11.3. The highest BCUT2D eigenvalue weighted by atomic mass is 19.4. The monoisotopic (exact) mass is 287 g/mol. The summed E-state index contributed by atoms with van der Waals surface area (Å²) >= 11 is 0. The molecule has 20 heavy (non-hydrogen) atoms. The van der Waals surface area contributed by atoms with Gasteiger partial charge in [0, 0.05) is 19.2 Å². The van der Waals surface area contributed by atoms with Gasteiger partial charge in [-0.3, -0.25) is 0 Å². The quantitative estimate of drug-likeness (QED) is 0.900. The minimum Gasteiger partial charge on any atom is -0.368 e. The lowest BCUT2D eigenvalue weighted by atomic mass is 10.2. The summed E-state index contributed by atoms with van der Waals surface area (Å²) < 4.78 is 38.1. The molecule has 1 rings (SSSR count). The van der Waals surface area contributed by atoms with Crippen LogP contribution in [0.4, 0.5) is 24.9 Å². The molecule has 1 aromatic heterocycles. The minimum atomic E-state index is -4.58. The summed E-state index contributed by atoms with van der Waals surface area (Å²) in [7, 11) is 0. The summed E-state index contributed by atoms with van der Waals surface area (Å²) in [5.74, 6) is -0.131. The number of aromatic nitrogens is 2. The molecule has 0 fully saturated rings. The highest BCUT2D eigenvalue weighted by Gasteiger charge is 2.34. The Morgan fingerprint density at radius 3 is 2.55 bits per heavy atom. The normalized spacial score (nSPS) is 11.4. The summed E-state index contributed by atoms with van der Waals surface area (Å²) in [6.45, 7) is 4.63. The largest absolute Gasteiger partial charge is 0.433 e. The average Bonchev–Trinajstić information content (AvgIpc) is 2.32. The highest BCUT2D eigenvalue weighted by Crippen LogP contribution is 2.30. The van der Waals surface area contributed by atoms with Crippen molar-refractivity contribution < 1.29 is 13.2 Å². The molecule has 0 aromatic carbocycles. The van der Waals surface area contributed by atoms with Gasteiger partial charge in [0.05, 0.1) is 12.5 Å². The Hall–Kier alpha value is -2.04. The molecule has 0 radical (unpaired) electrons. The van der Waals surface area contributed by atoms with Crippen LogP contribution in [0.3, 0.4) is 0 Å².